The largest absolute Gasteiger partial charge is 0.465 e. The molecular weight excluding hydrogens is 342 g/mol. The van der Waals surface area contributed by atoms with Gasteiger partial charge in [-0.3, -0.25) is 4.90 Å². The highest BCUT2D eigenvalue weighted by Gasteiger charge is 2.29. The van der Waals surface area contributed by atoms with Crippen LogP contribution in [0.3, 0.4) is 0 Å². The van der Waals surface area contributed by atoms with Crippen molar-refractivity contribution in [3.63, 3.8) is 0 Å². The lowest BCUT2D eigenvalue weighted by Gasteiger charge is -2.33. The molecule has 0 bridgehead atoms. The summed E-state index contributed by atoms with van der Waals surface area (Å²) >= 11 is 0. The summed E-state index contributed by atoms with van der Waals surface area (Å²) in [5.41, 5.74) is 8.01. The Balaban J connectivity index is 2.28. The summed E-state index contributed by atoms with van der Waals surface area (Å²) in [4.78, 5) is 22.4. The summed E-state index contributed by atoms with van der Waals surface area (Å²) in [6.45, 7) is 10.8. The molecule has 27 heavy (non-hydrogen) atoms. The van der Waals surface area contributed by atoms with Gasteiger partial charge in [0.15, 0.2) is 5.82 Å². The van der Waals surface area contributed by atoms with Gasteiger partial charge in [0.05, 0.1) is 17.6 Å². The number of benzene rings is 1. The van der Waals surface area contributed by atoms with Gasteiger partial charge in [-0.15, -0.1) is 0 Å². The average Bonchev–Trinajstić information content (AvgIpc) is 2.90. The fourth-order valence-corrected chi connectivity index (χ4v) is 3.32. The molecule has 0 saturated heterocycles. The number of rotatable bonds is 4. The molecule has 3 aromatic rings. The van der Waals surface area contributed by atoms with Gasteiger partial charge >= 0.3 is 6.09 Å². The zero-order valence-electron chi connectivity index (χ0n) is 16.5. The third-order valence-corrected chi connectivity index (χ3v) is 4.58. The summed E-state index contributed by atoms with van der Waals surface area (Å²) in [6.07, 6.45) is -0.971. The van der Waals surface area contributed by atoms with E-state index in [2.05, 4.69) is 23.4 Å². The smallest absolute Gasteiger partial charge is 0.408 e. The molecule has 1 aromatic carbocycles. The lowest BCUT2D eigenvalue weighted by Crippen LogP contribution is -2.44. The van der Waals surface area contributed by atoms with E-state index in [9.17, 15) is 9.90 Å². The van der Waals surface area contributed by atoms with Gasteiger partial charge in [-0.1, -0.05) is 32.0 Å². The summed E-state index contributed by atoms with van der Waals surface area (Å²) in [7, 11) is 0. The van der Waals surface area contributed by atoms with E-state index in [0.717, 1.165) is 23.0 Å². The van der Waals surface area contributed by atoms with Crippen LogP contribution in [-0.4, -0.2) is 36.2 Å². The third kappa shape index (κ3) is 3.54. The van der Waals surface area contributed by atoms with E-state index in [0.29, 0.717) is 23.1 Å². The Bertz CT molecular complexity index is 1000. The molecule has 0 aliphatic rings. The number of carboxylic acid groups (broad SMARTS) is 1. The van der Waals surface area contributed by atoms with Crippen molar-refractivity contribution in [2.75, 3.05) is 5.73 Å². The fraction of sp³-hybridized carbons (Fsp3) is 0.450. The van der Waals surface area contributed by atoms with Gasteiger partial charge in [0.2, 0.25) is 0 Å². The number of carbonyl (C=O) groups is 1. The van der Waals surface area contributed by atoms with Crippen LogP contribution in [0.5, 0.6) is 0 Å². The van der Waals surface area contributed by atoms with Crippen molar-refractivity contribution < 1.29 is 9.90 Å². The lowest BCUT2D eigenvalue weighted by molar-refractivity contribution is 0.0930. The Kier molecular flexibility index (Phi) is 4.71. The number of nitrogens with two attached hydrogens (primary N) is 1. The number of hydrogen-bond acceptors (Lipinski definition) is 4. The summed E-state index contributed by atoms with van der Waals surface area (Å²) in [5, 5.41) is 10.7. The quantitative estimate of drug-likeness (QED) is 0.721. The van der Waals surface area contributed by atoms with Crippen molar-refractivity contribution in [3.05, 3.63) is 30.1 Å². The zero-order chi connectivity index (χ0) is 19.9. The number of aromatic nitrogens is 3. The van der Waals surface area contributed by atoms with Gasteiger partial charge in [-0.05, 0) is 32.8 Å². The standard InChI is InChI=1S/C20H27N5O2/c1-12(2)10-24-15(11-25(19(26)27)20(3,4)5)23-16-17(24)13-8-6-7-9-14(13)22-18(16)21/h6-9,12H,10-11H2,1-5H3,(H2,21,22)(H,26,27). The molecule has 7 heteroatoms. The molecule has 1 amide bonds. The van der Waals surface area contributed by atoms with Gasteiger partial charge in [0, 0.05) is 17.5 Å². The van der Waals surface area contributed by atoms with Crippen molar-refractivity contribution in [2.24, 2.45) is 5.92 Å². The molecule has 3 N–H and O–H groups in total. The van der Waals surface area contributed by atoms with E-state index in [4.69, 9.17) is 10.7 Å². The molecule has 0 radical (unpaired) electrons. The monoisotopic (exact) mass is 369 g/mol. The molecule has 0 aliphatic heterocycles. The first kappa shape index (κ1) is 18.9. The molecule has 0 aliphatic carbocycles. The minimum Gasteiger partial charge on any atom is -0.465 e. The Morgan fingerprint density at radius 1 is 1.26 bits per heavy atom. The summed E-state index contributed by atoms with van der Waals surface area (Å²) in [6, 6.07) is 7.82. The normalized spacial score (nSPS) is 12.2. The molecule has 0 unspecified atom stereocenters. The third-order valence-electron chi connectivity index (χ3n) is 4.58. The minimum atomic E-state index is -0.971. The first-order chi connectivity index (χ1) is 12.6. The van der Waals surface area contributed by atoms with Crippen LogP contribution in [0.25, 0.3) is 21.9 Å². The lowest BCUT2D eigenvalue weighted by atomic mass is 10.1. The molecule has 0 saturated carbocycles. The highest BCUT2D eigenvalue weighted by atomic mass is 16.4. The second kappa shape index (κ2) is 6.72. The van der Waals surface area contributed by atoms with Crippen LogP contribution < -0.4 is 5.73 Å². The van der Waals surface area contributed by atoms with Crippen molar-refractivity contribution in [3.8, 4) is 0 Å². The SMILES string of the molecule is CC(C)Cn1c(CN(C(=O)O)C(C)(C)C)nc2c(N)nc3ccccc3c21. The first-order valence-corrected chi connectivity index (χ1v) is 9.13. The molecule has 7 nitrogen and oxygen atoms in total. The van der Waals surface area contributed by atoms with Crippen LogP contribution in [0.15, 0.2) is 24.3 Å². The Morgan fingerprint density at radius 2 is 1.93 bits per heavy atom. The van der Waals surface area contributed by atoms with E-state index in [1.807, 2.05) is 45.0 Å². The average molecular weight is 369 g/mol. The fourth-order valence-electron chi connectivity index (χ4n) is 3.32. The van der Waals surface area contributed by atoms with Gasteiger partial charge in [-0.2, -0.15) is 0 Å². The second-order valence-corrected chi connectivity index (χ2v) is 8.28. The number of anilines is 1. The molecule has 144 valence electrons. The highest BCUT2D eigenvalue weighted by molar-refractivity contribution is 6.06. The van der Waals surface area contributed by atoms with E-state index in [1.54, 1.807) is 0 Å². The second-order valence-electron chi connectivity index (χ2n) is 8.28. The van der Waals surface area contributed by atoms with Crippen molar-refractivity contribution >= 4 is 33.8 Å². The number of nitrogens with zero attached hydrogens (tertiary/aromatic N) is 4. The topological polar surface area (TPSA) is 97.3 Å². The predicted molar refractivity (Wildman–Crippen MR) is 108 cm³/mol. The minimum absolute atomic E-state index is 0.188. The van der Waals surface area contributed by atoms with E-state index >= 15 is 0 Å². The summed E-state index contributed by atoms with van der Waals surface area (Å²) in [5.74, 6) is 1.41. The first-order valence-electron chi connectivity index (χ1n) is 9.13. The van der Waals surface area contributed by atoms with Crippen LogP contribution in [0, 0.1) is 5.92 Å². The molecule has 2 heterocycles. The zero-order valence-corrected chi connectivity index (χ0v) is 16.5. The maximum absolute atomic E-state index is 11.8. The highest BCUT2D eigenvalue weighted by Crippen LogP contribution is 2.30. The van der Waals surface area contributed by atoms with Crippen LogP contribution >= 0.6 is 0 Å². The molecule has 0 fully saturated rings. The Hall–Kier alpha value is -2.83. The number of nitrogen functional groups attached to an aromatic ring is 1. The molecular formula is C20H27N5O2. The Morgan fingerprint density at radius 3 is 2.52 bits per heavy atom. The van der Waals surface area contributed by atoms with E-state index in [1.165, 1.54) is 4.90 Å². The maximum atomic E-state index is 11.8. The predicted octanol–water partition coefficient (Wildman–Crippen LogP) is 4.10. The molecule has 2 aromatic heterocycles. The molecule has 0 spiro atoms. The molecule has 0 atom stereocenters. The van der Waals surface area contributed by atoms with Crippen LogP contribution in [-0.2, 0) is 13.1 Å². The number of imidazole rings is 1. The van der Waals surface area contributed by atoms with E-state index in [-0.39, 0.29) is 6.54 Å². The number of hydrogen-bond donors (Lipinski definition) is 2. The van der Waals surface area contributed by atoms with Gasteiger partial charge in [-0.25, -0.2) is 14.8 Å². The van der Waals surface area contributed by atoms with Crippen molar-refractivity contribution in [1.29, 1.82) is 0 Å². The Labute approximate surface area is 158 Å². The molecule has 3 rings (SSSR count). The number of fused-ring (bicyclic) bond motifs is 3. The number of pyridine rings is 1. The van der Waals surface area contributed by atoms with Crippen molar-refractivity contribution in [2.45, 2.75) is 53.2 Å². The number of para-hydroxylation sites is 1. The maximum Gasteiger partial charge on any atom is 0.408 e. The van der Waals surface area contributed by atoms with Gasteiger partial charge < -0.3 is 15.4 Å². The van der Waals surface area contributed by atoms with Gasteiger partial charge in [0.1, 0.15) is 11.3 Å². The number of amides is 1. The van der Waals surface area contributed by atoms with Crippen LogP contribution in [0.2, 0.25) is 0 Å². The van der Waals surface area contributed by atoms with E-state index < -0.39 is 11.6 Å². The van der Waals surface area contributed by atoms with Crippen LogP contribution in [0.1, 0.15) is 40.4 Å². The van der Waals surface area contributed by atoms with Crippen LogP contribution in [0.4, 0.5) is 10.6 Å². The summed E-state index contributed by atoms with van der Waals surface area (Å²) < 4.78 is 2.10. The van der Waals surface area contributed by atoms with Crippen molar-refractivity contribution in [1.82, 2.24) is 19.4 Å². The van der Waals surface area contributed by atoms with Gasteiger partial charge in [0.25, 0.3) is 0 Å².